The molecule has 0 aromatic heterocycles. The van der Waals surface area contributed by atoms with E-state index in [2.05, 4.69) is 49.9 Å². The van der Waals surface area contributed by atoms with Crippen molar-refractivity contribution in [3.05, 3.63) is 65.2 Å². The lowest BCUT2D eigenvalue weighted by Crippen LogP contribution is -2.48. The van der Waals surface area contributed by atoms with Crippen LogP contribution in [0.3, 0.4) is 0 Å². The molecule has 1 aliphatic rings. The molecule has 2 aromatic carbocycles. The highest BCUT2D eigenvalue weighted by Crippen LogP contribution is 2.23. The van der Waals surface area contributed by atoms with Gasteiger partial charge in [-0.25, -0.2) is 8.42 Å². The van der Waals surface area contributed by atoms with Gasteiger partial charge in [-0.2, -0.15) is 9.57 Å². The minimum absolute atomic E-state index is 0.140. The zero-order valence-corrected chi connectivity index (χ0v) is 17.5. The Bertz CT molecular complexity index is 962. The molecular formula is C22H27N3O2S. The standard InChI is InChI=1S/C22H27N3O2S/c1-22(2,3)20-9-7-18(8-10-20)17-24-11-13-25(14-12-24)28(26,27)21-6-4-5-19(15-21)16-23/h4-10,15H,11-14,17H2,1-3H3. The van der Waals surface area contributed by atoms with Gasteiger partial charge in [-0.1, -0.05) is 51.1 Å². The van der Waals surface area contributed by atoms with Crippen LogP contribution in [0.5, 0.6) is 0 Å². The fourth-order valence-corrected chi connectivity index (χ4v) is 4.84. The quantitative estimate of drug-likeness (QED) is 0.794. The van der Waals surface area contributed by atoms with Crippen molar-refractivity contribution < 1.29 is 8.42 Å². The summed E-state index contributed by atoms with van der Waals surface area (Å²) in [5.41, 5.74) is 3.05. The Morgan fingerprint density at radius 2 is 1.64 bits per heavy atom. The average molecular weight is 398 g/mol. The van der Waals surface area contributed by atoms with E-state index < -0.39 is 10.0 Å². The van der Waals surface area contributed by atoms with Crippen molar-refractivity contribution in [2.45, 2.75) is 37.6 Å². The SMILES string of the molecule is CC(C)(C)c1ccc(CN2CCN(S(=O)(=O)c3cccc(C#N)c3)CC2)cc1. The van der Waals surface area contributed by atoms with Crippen LogP contribution in [0.4, 0.5) is 0 Å². The molecule has 0 atom stereocenters. The van der Waals surface area contributed by atoms with Crippen LogP contribution in [0.2, 0.25) is 0 Å². The van der Waals surface area contributed by atoms with Crippen LogP contribution in [0.1, 0.15) is 37.5 Å². The second-order valence-corrected chi connectivity index (χ2v) is 10.2. The number of sulfonamides is 1. The maximum Gasteiger partial charge on any atom is 0.243 e. The first-order chi connectivity index (χ1) is 13.2. The second kappa shape index (κ2) is 8.04. The Labute approximate surface area is 168 Å². The van der Waals surface area contributed by atoms with E-state index in [1.807, 2.05) is 6.07 Å². The van der Waals surface area contributed by atoms with Crippen LogP contribution < -0.4 is 0 Å². The van der Waals surface area contributed by atoms with Crippen LogP contribution >= 0.6 is 0 Å². The Morgan fingerprint density at radius 3 is 2.21 bits per heavy atom. The average Bonchev–Trinajstić information content (AvgIpc) is 2.68. The molecule has 0 saturated carbocycles. The fourth-order valence-electron chi connectivity index (χ4n) is 3.37. The van der Waals surface area contributed by atoms with E-state index in [-0.39, 0.29) is 10.3 Å². The number of nitrogens with zero attached hydrogens (tertiary/aromatic N) is 3. The molecular weight excluding hydrogens is 370 g/mol. The maximum absolute atomic E-state index is 12.8. The van der Waals surface area contributed by atoms with Crippen molar-refractivity contribution in [3.63, 3.8) is 0 Å². The normalized spacial score (nSPS) is 16.6. The molecule has 3 rings (SSSR count). The van der Waals surface area contributed by atoms with Crippen LogP contribution in [-0.4, -0.2) is 43.8 Å². The third-order valence-electron chi connectivity index (χ3n) is 5.16. The number of hydrogen-bond acceptors (Lipinski definition) is 4. The summed E-state index contributed by atoms with van der Waals surface area (Å²) >= 11 is 0. The van der Waals surface area contributed by atoms with Crippen LogP contribution in [0, 0.1) is 11.3 Å². The van der Waals surface area contributed by atoms with E-state index in [4.69, 9.17) is 5.26 Å². The lowest BCUT2D eigenvalue weighted by atomic mass is 9.87. The molecule has 0 radical (unpaired) electrons. The van der Waals surface area contributed by atoms with E-state index in [0.717, 1.165) is 6.54 Å². The van der Waals surface area contributed by atoms with Gasteiger partial charge in [0, 0.05) is 32.7 Å². The van der Waals surface area contributed by atoms with Gasteiger partial charge in [0.05, 0.1) is 16.5 Å². The maximum atomic E-state index is 12.8. The Hall–Kier alpha value is -2.20. The van der Waals surface area contributed by atoms with Crippen molar-refractivity contribution >= 4 is 10.0 Å². The fraction of sp³-hybridized carbons (Fsp3) is 0.409. The van der Waals surface area contributed by atoms with Crippen LogP contribution in [0.25, 0.3) is 0 Å². The first-order valence-electron chi connectivity index (χ1n) is 9.52. The molecule has 0 N–H and O–H groups in total. The number of rotatable bonds is 4. The smallest absolute Gasteiger partial charge is 0.243 e. The highest BCUT2D eigenvalue weighted by atomic mass is 32.2. The first kappa shape index (κ1) is 20.5. The van der Waals surface area contributed by atoms with Gasteiger partial charge in [-0.3, -0.25) is 4.90 Å². The van der Waals surface area contributed by atoms with E-state index in [0.29, 0.717) is 31.7 Å². The molecule has 1 saturated heterocycles. The molecule has 0 bridgehead atoms. The van der Waals surface area contributed by atoms with E-state index in [9.17, 15) is 8.42 Å². The summed E-state index contributed by atoms with van der Waals surface area (Å²) in [4.78, 5) is 2.47. The van der Waals surface area contributed by atoms with Gasteiger partial charge in [0.1, 0.15) is 0 Å². The summed E-state index contributed by atoms with van der Waals surface area (Å²) in [6.45, 7) is 9.73. The zero-order valence-electron chi connectivity index (χ0n) is 16.7. The number of benzene rings is 2. The molecule has 148 valence electrons. The lowest BCUT2D eigenvalue weighted by molar-refractivity contribution is 0.181. The van der Waals surface area contributed by atoms with Gasteiger partial charge in [0.15, 0.2) is 0 Å². The van der Waals surface area contributed by atoms with Gasteiger partial charge in [0.25, 0.3) is 0 Å². The van der Waals surface area contributed by atoms with Gasteiger partial charge in [-0.15, -0.1) is 0 Å². The van der Waals surface area contributed by atoms with Crippen LogP contribution in [-0.2, 0) is 22.0 Å². The minimum Gasteiger partial charge on any atom is -0.296 e. The van der Waals surface area contributed by atoms with E-state index in [1.165, 1.54) is 21.5 Å². The summed E-state index contributed by atoms with van der Waals surface area (Å²) in [6, 6.07) is 16.9. The molecule has 1 fully saturated rings. The highest BCUT2D eigenvalue weighted by Gasteiger charge is 2.28. The van der Waals surface area contributed by atoms with Gasteiger partial charge < -0.3 is 0 Å². The minimum atomic E-state index is -3.56. The summed E-state index contributed by atoms with van der Waals surface area (Å²) in [7, 11) is -3.56. The van der Waals surface area contributed by atoms with Crippen LogP contribution in [0.15, 0.2) is 53.4 Å². The Kier molecular flexibility index (Phi) is 5.90. The monoisotopic (exact) mass is 397 g/mol. The highest BCUT2D eigenvalue weighted by molar-refractivity contribution is 7.89. The second-order valence-electron chi connectivity index (χ2n) is 8.27. The zero-order chi connectivity index (χ0) is 20.4. The predicted molar refractivity (Wildman–Crippen MR) is 110 cm³/mol. The molecule has 6 heteroatoms. The van der Waals surface area contributed by atoms with Crippen molar-refractivity contribution in [3.8, 4) is 6.07 Å². The predicted octanol–water partition coefficient (Wildman–Crippen LogP) is 3.36. The summed E-state index contributed by atoms with van der Waals surface area (Å²) in [5, 5.41) is 9.01. The molecule has 5 nitrogen and oxygen atoms in total. The summed E-state index contributed by atoms with van der Waals surface area (Å²) < 4.78 is 27.2. The van der Waals surface area contributed by atoms with Crippen molar-refractivity contribution in [1.82, 2.24) is 9.21 Å². The molecule has 0 unspecified atom stereocenters. The Morgan fingerprint density at radius 1 is 1.00 bits per heavy atom. The topological polar surface area (TPSA) is 64.4 Å². The molecule has 28 heavy (non-hydrogen) atoms. The third-order valence-corrected chi connectivity index (χ3v) is 7.05. The molecule has 0 spiro atoms. The number of nitriles is 1. The molecule has 0 aliphatic carbocycles. The Balaban J connectivity index is 1.62. The number of hydrogen-bond donors (Lipinski definition) is 0. The van der Waals surface area contributed by atoms with Gasteiger partial charge in [-0.05, 0) is 34.7 Å². The summed E-state index contributed by atoms with van der Waals surface area (Å²) in [6.07, 6.45) is 0. The van der Waals surface area contributed by atoms with E-state index in [1.54, 1.807) is 18.2 Å². The van der Waals surface area contributed by atoms with Gasteiger partial charge in [0.2, 0.25) is 10.0 Å². The summed E-state index contributed by atoms with van der Waals surface area (Å²) in [5.74, 6) is 0. The molecule has 1 aliphatic heterocycles. The van der Waals surface area contributed by atoms with E-state index >= 15 is 0 Å². The van der Waals surface area contributed by atoms with Crippen molar-refractivity contribution in [1.29, 1.82) is 5.26 Å². The molecule has 2 aromatic rings. The van der Waals surface area contributed by atoms with Crippen molar-refractivity contribution in [2.24, 2.45) is 0 Å². The number of piperazine rings is 1. The molecule has 0 amide bonds. The van der Waals surface area contributed by atoms with Crippen molar-refractivity contribution in [2.75, 3.05) is 26.2 Å². The van der Waals surface area contributed by atoms with Gasteiger partial charge >= 0.3 is 0 Å². The molecule has 1 heterocycles. The first-order valence-corrected chi connectivity index (χ1v) is 11.0. The largest absolute Gasteiger partial charge is 0.296 e. The third kappa shape index (κ3) is 4.61. The lowest BCUT2D eigenvalue weighted by Gasteiger charge is -2.34.